The van der Waals surface area contributed by atoms with Gasteiger partial charge in [0.25, 0.3) is 0 Å². The minimum Gasteiger partial charge on any atom is -0.240 e. The molecule has 0 atom stereocenters. The summed E-state index contributed by atoms with van der Waals surface area (Å²) in [5.41, 5.74) is 0. The zero-order chi connectivity index (χ0) is 23.1. The van der Waals surface area contributed by atoms with Crippen LogP contribution in [-0.4, -0.2) is 13.7 Å². The number of rotatable bonds is 23. The highest BCUT2D eigenvalue weighted by Gasteiger charge is 1.92. The van der Waals surface area contributed by atoms with Crippen LogP contribution in [0.3, 0.4) is 0 Å². The largest absolute Gasteiger partial charge is 0.240 e. The first-order valence-corrected chi connectivity index (χ1v) is 13.8. The first-order valence-electron chi connectivity index (χ1n) is 13.8. The van der Waals surface area contributed by atoms with Gasteiger partial charge < -0.3 is 0 Å². The van der Waals surface area contributed by atoms with Crippen LogP contribution in [0.15, 0.2) is 24.3 Å². The van der Waals surface area contributed by atoms with Crippen molar-refractivity contribution >= 4 is 0 Å². The molecule has 0 heterocycles. The maximum atomic E-state index is 4.78. The Labute approximate surface area is 197 Å². The van der Waals surface area contributed by atoms with E-state index in [1.165, 1.54) is 122 Å². The molecule has 0 N–H and O–H groups in total. The lowest BCUT2D eigenvalue weighted by Crippen LogP contribution is -1.92. The molecule has 0 aromatic heterocycles. The number of hydrogen-bond donors (Lipinski definition) is 0. The van der Waals surface area contributed by atoms with E-state index in [-0.39, 0.29) is 0 Å². The van der Waals surface area contributed by atoms with E-state index in [0.29, 0.717) is 0 Å². The van der Waals surface area contributed by atoms with E-state index in [4.69, 9.17) is 4.89 Å². The Morgan fingerprint density at radius 1 is 0.452 bits per heavy atom. The average Bonchev–Trinajstić information content (AvgIpc) is 2.79. The van der Waals surface area contributed by atoms with Crippen LogP contribution in [0, 0.1) is 0 Å². The van der Waals surface area contributed by atoms with Crippen LogP contribution in [0.25, 0.3) is 0 Å². The van der Waals surface area contributed by atoms with Crippen molar-refractivity contribution in [2.45, 2.75) is 149 Å². The number of hydrogen-bond acceptors (Lipinski definition) is 2. The first-order chi connectivity index (χ1) is 15.3. The summed E-state index contributed by atoms with van der Waals surface area (Å²) >= 11 is 0. The van der Waals surface area contributed by atoms with Gasteiger partial charge in [-0.3, -0.25) is 0 Å². The highest BCUT2D eigenvalue weighted by molar-refractivity contribution is 4.81. The molecule has 0 amide bonds. The van der Waals surface area contributed by atoms with Gasteiger partial charge in [-0.25, -0.2) is 9.78 Å². The van der Waals surface area contributed by atoms with Crippen LogP contribution in [-0.2, 0) is 9.78 Å². The molecule has 0 saturated carbocycles. The fourth-order valence-electron chi connectivity index (χ4n) is 3.45. The molecule has 0 unspecified atom stereocenters. The normalized spacial score (nSPS) is 11.4. The van der Waals surface area contributed by atoms with E-state index in [0.717, 1.165) is 13.0 Å². The zero-order valence-corrected chi connectivity index (χ0v) is 22.0. The van der Waals surface area contributed by atoms with Gasteiger partial charge in [0.2, 0.25) is 0 Å². The number of unbranched alkanes of at least 4 members (excludes halogenated alkanes) is 16. The fraction of sp³-hybridized carbons (Fsp3) is 0.862. The summed E-state index contributed by atoms with van der Waals surface area (Å²) in [7, 11) is 1.56. The molecule has 0 radical (unpaired) electrons. The van der Waals surface area contributed by atoms with Gasteiger partial charge in [0.1, 0.15) is 0 Å². The van der Waals surface area contributed by atoms with Gasteiger partial charge in [-0.15, -0.1) is 0 Å². The van der Waals surface area contributed by atoms with E-state index in [1.807, 2.05) is 0 Å². The second-order valence-electron chi connectivity index (χ2n) is 8.66. The minimum atomic E-state index is 0.742. The Morgan fingerprint density at radius 2 is 0.871 bits per heavy atom. The molecule has 0 aliphatic rings. The van der Waals surface area contributed by atoms with Crippen LogP contribution in [0.1, 0.15) is 149 Å². The Balaban J connectivity index is 0. The fourth-order valence-corrected chi connectivity index (χ4v) is 3.45. The van der Waals surface area contributed by atoms with Crippen LogP contribution in [0.4, 0.5) is 0 Å². The minimum absolute atomic E-state index is 0.742. The monoisotopic (exact) mass is 438 g/mol. The van der Waals surface area contributed by atoms with Crippen molar-refractivity contribution in [2.24, 2.45) is 0 Å². The van der Waals surface area contributed by atoms with E-state index in [9.17, 15) is 0 Å². The molecule has 0 aliphatic heterocycles. The van der Waals surface area contributed by atoms with Gasteiger partial charge in [-0.05, 0) is 44.9 Å². The van der Waals surface area contributed by atoms with Gasteiger partial charge in [0, 0.05) is 0 Å². The second-order valence-corrected chi connectivity index (χ2v) is 8.66. The quantitative estimate of drug-likeness (QED) is 0.0683. The molecule has 0 rings (SSSR count). The maximum absolute atomic E-state index is 4.78. The van der Waals surface area contributed by atoms with Crippen LogP contribution in [0.5, 0.6) is 0 Å². The number of allylic oxidation sites excluding steroid dienone is 4. The SMILES string of the molecule is CC/C=C\CCCCCCCC/C=C/CCCC.CCCCCCCCCCOOC. The van der Waals surface area contributed by atoms with Gasteiger partial charge in [-0.2, -0.15) is 0 Å². The van der Waals surface area contributed by atoms with Crippen molar-refractivity contribution in [3.05, 3.63) is 24.3 Å². The molecule has 0 fully saturated rings. The standard InChI is InChI=1S/C18H34.C11H24O2/c1-3-5-7-9-11-13-15-17-18-16-14-12-10-8-6-4-2;1-3-4-5-6-7-8-9-10-11-13-12-2/h5,7,10,12H,3-4,6,8-9,11,13-18H2,1-2H3;3-11H2,1-2H3/b7-5-,12-10+;. The van der Waals surface area contributed by atoms with E-state index < -0.39 is 0 Å². The maximum Gasteiger partial charge on any atom is 0.0822 e. The second kappa shape index (κ2) is 34.0. The van der Waals surface area contributed by atoms with Crippen molar-refractivity contribution in [1.82, 2.24) is 0 Å². The molecule has 0 saturated heterocycles. The summed E-state index contributed by atoms with van der Waals surface area (Å²) in [5, 5.41) is 0. The van der Waals surface area contributed by atoms with Crippen LogP contribution < -0.4 is 0 Å². The molecule has 2 heteroatoms. The predicted molar refractivity (Wildman–Crippen MR) is 141 cm³/mol. The Morgan fingerprint density at radius 3 is 1.35 bits per heavy atom. The lowest BCUT2D eigenvalue weighted by atomic mass is 10.1. The Hall–Kier alpha value is -0.600. The topological polar surface area (TPSA) is 18.5 Å². The third-order valence-electron chi connectivity index (χ3n) is 5.48. The predicted octanol–water partition coefficient (Wildman–Crippen LogP) is 10.5. The summed E-state index contributed by atoms with van der Waals surface area (Å²) in [4.78, 5) is 9.28. The molecular formula is C29H58O2. The first kappa shape index (κ1) is 32.6. The van der Waals surface area contributed by atoms with Crippen molar-refractivity contribution in [1.29, 1.82) is 0 Å². The Bertz CT molecular complexity index is 326. The average molecular weight is 439 g/mol. The molecule has 0 aliphatic carbocycles. The molecular weight excluding hydrogens is 380 g/mol. The Kier molecular flexibility index (Phi) is 35.8. The van der Waals surface area contributed by atoms with Crippen LogP contribution >= 0.6 is 0 Å². The lowest BCUT2D eigenvalue weighted by Gasteiger charge is -2.01. The van der Waals surface area contributed by atoms with Crippen molar-refractivity contribution < 1.29 is 9.78 Å². The van der Waals surface area contributed by atoms with Crippen molar-refractivity contribution in [2.75, 3.05) is 13.7 Å². The van der Waals surface area contributed by atoms with Crippen molar-refractivity contribution in [3.63, 3.8) is 0 Å². The molecule has 0 aromatic rings. The summed E-state index contributed by atoms with van der Waals surface area (Å²) in [6, 6.07) is 0. The molecule has 2 nitrogen and oxygen atoms in total. The molecule has 186 valence electrons. The summed E-state index contributed by atoms with van der Waals surface area (Å²) in [6.07, 6.45) is 36.2. The van der Waals surface area contributed by atoms with E-state index in [1.54, 1.807) is 7.11 Å². The third kappa shape index (κ3) is 37.1. The van der Waals surface area contributed by atoms with Gasteiger partial charge >= 0.3 is 0 Å². The van der Waals surface area contributed by atoms with Crippen LogP contribution in [0.2, 0.25) is 0 Å². The molecule has 31 heavy (non-hydrogen) atoms. The smallest absolute Gasteiger partial charge is 0.0822 e. The molecule has 0 spiro atoms. The lowest BCUT2D eigenvalue weighted by molar-refractivity contribution is -0.272. The summed E-state index contributed by atoms with van der Waals surface area (Å²) in [5.74, 6) is 0. The van der Waals surface area contributed by atoms with Gasteiger partial charge in [-0.1, -0.05) is 129 Å². The third-order valence-corrected chi connectivity index (χ3v) is 5.48. The van der Waals surface area contributed by atoms with Crippen molar-refractivity contribution in [3.8, 4) is 0 Å². The van der Waals surface area contributed by atoms with E-state index in [2.05, 4.69) is 50.0 Å². The summed E-state index contributed by atoms with van der Waals surface area (Å²) in [6.45, 7) is 7.45. The zero-order valence-electron chi connectivity index (χ0n) is 22.0. The van der Waals surface area contributed by atoms with Gasteiger partial charge in [0.05, 0.1) is 13.7 Å². The molecule has 0 bridgehead atoms. The van der Waals surface area contributed by atoms with Gasteiger partial charge in [0.15, 0.2) is 0 Å². The highest BCUT2D eigenvalue weighted by Crippen LogP contribution is 2.10. The van der Waals surface area contributed by atoms with E-state index >= 15 is 0 Å². The molecule has 0 aromatic carbocycles. The highest BCUT2D eigenvalue weighted by atomic mass is 17.2. The summed E-state index contributed by atoms with van der Waals surface area (Å²) < 4.78 is 0.